The lowest BCUT2D eigenvalue weighted by Crippen LogP contribution is -2.43. The highest BCUT2D eigenvalue weighted by atomic mass is 16.5. The minimum Gasteiger partial charge on any atom is -0.481 e. The Morgan fingerprint density at radius 2 is 2.20 bits per heavy atom. The minimum absolute atomic E-state index is 0.0411. The molecule has 4 heterocycles. The highest BCUT2D eigenvalue weighted by molar-refractivity contribution is 5.74. The number of aromatic nitrogens is 1. The number of carbonyl (C=O) groups excluding carboxylic acids is 1. The van der Waals surface area contributed by atoms with Gasteiger partial charge in [-0.1, -0.05) is 12.5 Å². The second-order valence-electron chi connectivity index (χ2n) is 7.67. The summed E-state index contributed by atoms with van der Waals surface area (Å²) in [5.74, 6) is 1.92. The van der Waals surface area contributed by atoms with Gasteiger partial charge in [-0.3, -0.25) is 4.90 Å². The van der Waals surface area contributed by atoms with E-state index < -0.39 is 0 Å². The third-order valence-electron chi connectivity index (χ3n) is 6.11. The van der Waals surface area contributed by atoms with E-state index in [2.05, 4.69) is 15.2 Å². The van der Waals surface area contributed by atoms with Gasteiger partial charge in [-0.05, 0) is 44.2 Å². The van der Waals surface area contributed by atoms with Crippen molar-refractivity contribution in [2.45, 2.75) is 38.8 Å². The molecule has 0 radical (unpaired) electrons. The molecule has 1 N–H and O–H groups in total. The number of carbonyl (C=O) groups is 1. The monoisotopic (exact) mass is 344 g/mol. The zero-order chi connectivity index (χ0) is 17.4. The van der Waals surface area contributed by atoms with Crippen molar-refractivity contribution in [3.05, 3.63) is 23.4 Å². The summed E-state index contributed by atoms with van der Waals surface area (Å²) < 4.78 is 5.32. The predicted molar refractivity (Wildman–Crippen MR) is 95.5 cm³/mol. The van der Waals surface area contributed by atoms with E-state index in [4.69, 9.17) is 4.74 Å². The summed E-state index contributed by atoms with van der Waals surface area (Å²) in [7, 11) is 1.62. The molecule has 0 aliphatic carbocycles. The van der Waals surface area contributed by atoms with Gasteiger partial charge in [0.15, 0.2) is 0 Å². The molecule has 1 aromatic rings. The van der Waals surface area contributed by atoms with Crippen LogP contribution in [0.25, 0.3) is 0 Å². The standard InChI is InChI=1S/C19H28N4O2/c1-13-6-7-14(18(21-13)25-2)9-20-19(24)23-11-15-10-22-8-4-3-5-17(22)16(15)12-23/h6-7,15-17H,3-5,8-12H2,1-2H3,(H,20,24). The van der Waals surface area contributed by atoms with Gasteiger partial charge in [-0.15, -0.1) is 0 Å². The number of hydrogen-bond donors (Lipinski definition) is 1. The number of fused-ring (bicyclic) bond motifs is 3. The van der Waals surface area contributed by atoms with Gasteiger partial charge in [0.1, 0.15) is 0 Å². The van der Waals surface area contributed by atoms with Gasteiger partial charge >= 0.3 is 6.03 Å². The van der Waals surface area contributed by atoms with E-state index in [1.807, 2.05) is 24.0 Å². The van der Waals surface area contributed by atoms with Crippen LogP contribution in [0.3, 0.4) is 0 Å². The molecule has 25 heavy (non-hydrogen) atoms. The number of rotatable bonds is 3. The van der Waals surface area contributed by atoms with Gasteiger partial charge in [-0.2, -0.15) is 0 Å². The maximum absolute atomic E-state index is 12.6. The molecule has 3 unspecified atom stereocenters. The van der Waals surface area contributed by atoms with E-state index in [0.717, 1.165) is 24.3 Å². The van der Waals surface area contributed by atoms with Crippen LogP contribution in [0, 0.1) is 18.8 Å². The molecule has 136 valence electrons. The van der Waals surface area contributed by atoms with Crippen molar-refractivity contribution in [1.29, 1.82) is 0 Å². The Kier molecular flexibility index (Phi) is 4.54. The van der Waals surface area contributed by atoms with Crippen LogP contribution in [0.1, 0.15) is 30.5 Å². The second kappa shape index (κ2) is 6.83. The summed E-state index contributed by atoms with van der Waals surface area (Å²) in [5, 5.41) is 3.05. The fraction of sp³-hybridized carbons (Fsp3) is 0.684. The molecule has 4 rings (SSSR count). The molecular weight excluding hydrogens is 316 g/mol. The lowest BCUT2D eigenvalue weighted by atomic mass is 9.90. The van der Waals surface area contributed by atoms with Crippen LogP contribution in [0.2, 0.25) is 0 Å². The summed E-state index contributed by atoms with van der Waals surface area (Å²) in [6, 6.07) is 4.67. The number of nitrogens with one attached hydrogen (secondary N) is 1. The average molecular weight is 344 g/mol. The van der Waals surface area contributed by atoms with E-state index in [0.29, 0.717) is 30.3 Å². The maximum Gasteiger partial charge on any atom is 0.317 e. The largest absolute Gasteiger partial charge is 0.481 e. The summed E-state index contributed by atoms with van der Waals surface area (Å²) in [6.07, 6.45) is 3.99. The number of hydrogen-bond acceptors (Lipinski definition) is 4. The third-order valence-corrected chi connectivity index (χ3v) is 6.11. The number of pyridine rings is 1. The topological polar surface area (TPSA) is 57.7 Å². The Morgan fingerprint density at radius 1 is 1.32 bits per heavy atom. The zero-order valence-electron chi connectivity index (χ0n) is 15.2. The van der Waals surface area contributed by atoms with Crippen LogP contribution in [-0.4, -0.2) is 60.1 Å². The van der Waals surface area contributed by atoms with E-state index in [1.165, 1.54) is 32.4 Å². The number of aryl methyl sites for hydroxylation is 1. The van der Waals surface area contributed by atoms with Crippen molar-refractivity contribution in [1.82, 2.24) is 20.1 Å². The van der Waals surface area contributed by atoms with Gasteiger partial charge in [0, 0.05) is 43.5 Å². The maximum atomic E-state index is 12.6. The number of ether oxygens (including phenoxy) is 1. The quantitative estimate of drug-likeness (QED) is 0.911. The Labute approximate surface area is 149 Å². The van der Waals surface area contributed by atoms with Crippen molar-refractivity contribution in [3.63, 3.8) is 0 Å². The van der Waals surface area contributed by atoms with Gasteiger partial charge in [0.05, 0.1) is 7.11 Å². The van der Waals surface area contributed by atoms with Crippen LogP contribution >= 0.6 is 0 Å². The molecule has 3 atom stereocenters. The van der Waals surface area contributed by atoms with Gasteiger partial charge < -0.3 is 15.0 Å². The van der Waals surface area contributed by atoms with Crippen LogP contribution < -0.4 is 10.1 Å². The minimum atomic E-state index is 0.0411. The third kappa shape index (κ3) is 3.19. The van der Waals surface area contributed by atoms with Crippen molar-refractivity contribution in [2.75, 3.05) is 33.3 Å². The number of urea groups is 1. The van der Waals surface area contributed by atoms with Crippen molar-refractivity contribution >= 4 is 6.03 Å². The first-order chi connectivity index (χ1) is 12.2. The number of amides is 2. The SMILES string of the molecule is COc1nc(C)ccc1CNC(=O)N1CC2CN3CCCCC3C2C1. The summed E-state index contributed by atoms with van der Waals surface area (Å²) >= 11 is 0. The smallest absolute Gasteiger partial charge is 0.317 e. The lowest BCUT2D eigenvalue weighted by Gasteiger charge is -2.33. The normalized spacial score (nSPS) is 28.6. The van der Waals surface area contributed by atoms with Gasteiger partial charge in [0.2, 0.25) is 5.88 Å². The van der Waals surface area contributed by atoms with E-state index in [-0.39, 0.29) is 6.03 Å². The highest BCUT2D eigenvalue weighted by Crippen LogP contribution is 2.40. The fourth-order valence-corrected chi connectivity index (χ4v) is 4.88. The Morgan fingerprint density at radius 3 is 3.04 bits per heavy atom. The Hall–Kier alpha value is -1.82. The summed E-state index contributed by atoms with van der Waals surface area (Å²) in [4.78, 5) is 21.7. The molecule has 6 nitrogen and oxygen atoms in total. The molecule has 6 heteroatoms. The molecule has 3 saturated heterocycles. The zero-order valence-corrected chi connectivity index (χ0v) is 15.2. The van der Waals surface area contributed by atoms with Crippen LogP contribution in [0.5, 0.6) is 5.88 Å². The first-order valence-corrected chi connectivity index (χ1v) is 9.43. The van der Waals surface area contributed by atoms with Crippen molar-refractivity contribution < 1.29 is 9.53 Å². The Balaban J connectivity index is 1.34. The number of methoxy groups -OCH3 is 1. The lowest BCUT2D eigenvalue weighted by molar-refractivity contribution is 0.154. The first kappa shape index (κ1) is 16.6. The first-order valence-electron chi connectivity index (χ1n) is 9.43. The number of piperidine rings is 1. The van der Waals surface area contributed by atoms with Crippen LogP contribution in [0.15, 0.2) is 12.1 Å². The van der Waals surface area contributed by atoms with Gasteiger partial charge in [0.25, 0.3) is 0 Å². The van der Waals surface area contributed by atoms with Crippen molar-refractivity contribution in [3.8, 4) is 5.88 Å². The molecule has 2 amide bonds. The fourth-order valence-electron chi connectivity index (χ4n) is 4.88. The van der Waals surface area contributed by atoms with Crippen LogP contribution in [0.4, 0.5) is 4.79 Å². The summed E-state index contributed by atoms with van der Waals surface area (Å²) in [6.45, 7) is 6.62. The molecular formula is C19H28N4O2. The van der Waals surface area contributed by atoms with E-state index >= 15 is 0 Å². The summed E-state index contributed by atoms with van der Waals surface area (Å²) in [5.41, 5.74) is 1.83. The number of nitrogens with zero attached hydrogens (tertiary/aromatic N) is 3. The van der Waals surface area contributed by atoms with Crippen molar-refractivity contribution in [2.24, 2.45) is 11.8 Å². The molecule has 0 aromatic carbocycles. The average Bonchev–Trinajstić information content (AvgIpc) is 3.18. The van der Waals surface area contributed by atoms with Crippen LogP contribution in [-0.2, 0) is 6.54 Å². The molecule has 1 aromatic heterocycles. The number of likely N-dealkylation sites (tertiary alicyclic amines) is 1. The predicted octanol–water partition coefficient (Wildman–Crippen LogP) is 2.02. The molecule has 0 bridgehead atoms. The molecule has 3 fully saturated rings. The highest BCUT2D eigenvalue weighted by Gasteiger charge is 2.48. The molecule has 3 aliphatic rings. The molecule has 3 aliphatic heterocycles. The molecule has 0 spiro atoms. The second-order valence-corrected chi connectivity index (χ2v) is 7.67. The Bertz CT molecular complexity index is 650. The van der Waals surface area contributed by atoms with Gasteiger partial charge in [-0.25, -0.2) is 9.78 Å². The molecule has 0 saturated carbocycles. The van der Waals surface area contributed by atoms with E-state index in [1.54, 1.807) is 7.11 Å². The van der Waals surface area contributed by atoms with E-state index in [9.17, 15) is 4.79 Å².